The topological polar surface area (TPSA) is 83.4 Å². The van der Waals surface area contributed by atoms with Crippen LogP contribution in [-0.4, -0.2) is 69.6 Å². The van der Waals surface area contributed by atoms with Crippen LogP contribution in [0.2, 0.25) is 0 Å². The van der Waals surface area contributed by atoms with Gasteiger partial charge in [0.25, 0.3) is 11.8 Å². The summed E-state index contributed by atoms with van der Waals surface area (Å²) >= 11 is 0. The van der Waals surface area contributed by atoms with Crippen molar-refractivity contribution in [3.05, 3.63) is 83.6 Å². The number of hydrogen-bond acceptors (Lipinski definition) is 5. The largest absolute Gasteiger partial charge is 0.348 e. The zero-order valence-electron chi connectivity index (χ0n) is 21.5. The zero-order valence-corrected chi connectivity index (χ0v) is 21.5. The van der Waals surface area contributed by atoms with Crippen molar-refractivity contribution in [3.63, 3.8) is 0 Å². The summed E-state index contributed by atoms with van der Waals surface area (Å²) in [5.41, 5.74) is 4.49. The number of carbonyl (C=O) groups excluding carboxylic acids is 2. The number of nitrogens with zero attached hydrogens (tertiary/aromatic N) is 5. The number of aromatic nitrogens is 3. The second-order valence-electron chi connectivity index (χ2n) is 9.82. The van der Waals surface area contributed by atoms with E-state index in [0.717, 1.165) is 48.4 Å². The van der Waals surface area contributed by atoms with Gasteiger partial charge in [0.15, 0.2) is 5.65 Å². The molecule has 3 heterocycles. The number of nitrogens with one attached hydrogen (secondary N) is 1. The molecule has 5 rings (SSSR count). The van der Waals surface area contributed by atoms with Crippen molar-refractivity contribution >= 4 is 22.8 Å². The first-order valence-electron chi connectivity index (χ1n) is 12.7. The molecule has 0 spiro atoms. The third-order valence-corrected chi connectivity index (χ3v) is 6.81. The fraction of sp³-hybridized carbons (Fsp3) is 0.310. The van der Waals surface area contributed by atoms with Crippen LogP contribution in [0, 0.1) is 0 Å². The van der Waals surface area contributed by atoms with Gasteiger partial charge in [-0.15, -0.1) is 0 Å². The predicted octanol–water partition coefficient (Wildman–Crippen LogP) is 4.00. The Hall–Kier alpha value is -4.04. The maximum atomic E-state index is 13.4. The molecule has 37 heavy (non-hydrogen) atoms. The minimum atomic E-state index is -0.189. The highest BCUT2D eigenvalue weighted by Crippen LogP contribution is 2.26. The maximum Gasteiger partial charge on any atom is 0.253 e. The van der Waals surface area contributed by atoms with Gasteiger partial charge in [0.2, 0.25) is 0 Å². The number of carbonyl (C=O) groups is 2. The van der Waals surface area contributed by atoms with E-state index >= 15 is 0 Å². The summed E-state index contributed by atoms with van der Waals surface area (Å²) in [6.45, 7) is 7.70. The van der Waals surface area contributed by atoms with Gasteiger partial charge in [0, 0.05) is 49.9 Å². The fourth-order valence-electron chi connectivity index (χ4n) is 4.58. The van der Waals surface area contributed by atoms with Gasteiger partial charge < -0.3 is 15.1 Å². The first-order chi connectivity index (χ1) is 17.9. The molecule has 0 radical (unpaired) electrons. The van der Waals surface area contributed by atoms with Gasteiger partial charge in [-0.1, -0.05) is 42.5 Å². The monoisotopic (exact) mass is 496 g/mol. The van der Waals surface area contributed by atoms with Gasteiger partial charge >= 0.3 is 0 Å². The standard InChI is InChI=1S/C29H32N6O2/c1-20(2)35-27-25(19-31-35)24(17-26(32-27)22-7-5-4-6-8-22)28(36)30-18-21-9-11-23(12-10-21)29(37)34-15-13-33(3)14-16-34/h4-12,17,19-20H,13-16,18H2,1-3H3,(H,30,36). The second kappa shape index (κ2) is 10.5. The highest BCUT2D eigenvalue weighted by atomic mass is 16.2. The molecule has 0 atom stereocenters. The first kappa shape index (κ1) is 24.6. The van der Waals surface area contributed by atoms with E-state index in [2.05, 4.69) is 22.4 Å². The summed E-state index contributed by atoms with van der Waals surface area (Å²) in [5.74, 6) is -0.135. The molecule has 2 aromatic heterocycles. The van der Waals surface area contributed by atoms with Crippen LogP contribution in [0.3, 0.4) is 0 Å². The molecule has 1 saturated heterocycles. The molecule has 8 nitrogen and oxygen atoms in total. The molecule has 0 aliphatic carbocycles. The maximum absolute atomic E-state index is 13.4. The smallest absolute Gasteiger partial charge is 0.253 e. The quantitative estimate of drug-likeness (QED) is 0.436. The summed E-state index contributed by atoms with van der Waals surface area (Å²) in [4.78, 5) is 35.1. The summed E-state index contributed by atoms with van der Waals surface area (Å²) in [5, 5.41) is 8.25. The third-order valence-electron chi connectivity index (χ3n) is 6.81. The number of piperazine rings is 1. The molecule has 4 aromatic rings. The molecule has 1 N–H and O–H groups in total. The Kier molecular flexibility index (Phi) is 7.01. The molecule has 2 amide bonds. The third kappa shape index (κ3) is 5.24. The van der Waals surface area contributed by atoms with Crippen LogP contribution in [0.4, 0.5) is 0 Å². The van der Waals surface area contributed by atoms with Crippen molar-refractivity contribution in [2.45, 2.75) is 26.4 Å². The Bertz CT molecular complexity index is 1400. The summed E-state index contributed by atoms with van der Waals surface area (Å²) in [6.07, 6.45) is 1.71. The number of rotatable bonds is 6. The molecular weight excluding hydrogens is 464 g/mol. The summed E-state index contributed by atoms with van der Waals surface area (Å²) in [7, 11) is 2.07. The second-order valence-corrected chi connectivity index (χ2v) is 9.82. The Labute approximate surface area is 216 Å². The lowest BCUT2D eigenvalue weighted by atomic mass is 10.1. The predicted molar refractivity (Wildman–Crippen MR) is 144 cm³/mol. The molecular formula is C29H32N6O2. The summed E-state index contributed by atoms with van der Waals surface area (Å²) < 4.78 is 1.84. The molecule has 1 aliphatic rings. The SMILES string of the molecule is CC(C)n1ncc2c(C(=O)NCc3ccc(C(=O)N4CCN(C)CC4)cc3)cc(-c3ccccc3)nc21. The van der Waals surface area contributed by atoms with Crippen molar-refractivity contribution in [2.24, 2.45) is 0 Å². The Morgan fingerprint density at radius 3 is 2.35 bits per heavy atom. The van der Waals surface area contributed by atoms with E-state index in [-0.39, 0.29) is 17.9 Å². The van der Waals surface area contributed by atoms with E-state index in [0.29, 0.717) is 23.3 Å². The zero-order chi connectivity index (χ0) is 25.9. The lowest BCUT2D eigenvalue weighted by Gasteiger charge is -2.32. The van der Waals surface area contributed by atoms with Crippen molar-refractivity contribution in [3.8, 4) is 11.3 Å². The number of likely N-dealkylation sites (N-methyl/N-ethyl adjacent to an activating group) is 1. The van der Waals surface area contributed by atoms with Gasteiger partial charge in [0.05, 0.1) is 22.8 Å². The van der Waals surface area contributed by atoms with Crippen LogP contribution in [0.1, 0.15) is 46.2 Å². The number of pyridine rings is 1. The van der Waals surface area contributed by atoms with Crippen molar-refractivity contribution in [1.82, 2.24) is 29.9 Å². The molecule has 0 saturated carbocycles. The minimum absolute atomic E-state index is 0.0541. The van der Waals surface area contributed by atoms with Crippen molar-refractivity contribution in [2.75, 3.05) is 33.2 Å². The number of fused-ring (bicyclic) bond motifs is 1. The van der Waals surface area contributed by atoms with Crippen molar-refractivity contribution < 1.29 is 9.59 Å². The van der Waals surface area contributed by atoms with E-state index in [1.54, 1.807) is 6.20 Å². The fourth-order valence-corrected chi connectivity index (χ4v) is 4.58. The van der Waals surface area contributed by atoms with E-state index in [1.807, 2.05) is 84.1 Å². The highest BCUT2D eigenvalue weighted by Gasteiger charge is 2.21. The number of amides is 2. The van der Waals surface area contributed by atoms with Crippen LogP contribution >= 0.6 is 0 Å². The van der Waals surface area contributed by atoms with E-state index in [9.17, 15) is 9.59 Å². The first-order valence-corrected chi connectivity index (χ1v) is 12.7. The van der Waals surface area contributed by atoms with Crippen LogP contribution < -0.4 is 5.32 Å². The Morgan fingerprint density at radius 2 is 1.68 bits per heavy atom. The van der Waals surface area contributed by atoms with Crippen LogP contribution in [0.5, 0.6) is 0 Å². The Balaban J connectivity index is 1.34. The Morgan fingerprint density at radius 1 is 0.973 bits per heavy atom. The molecule has 2 aromatic carbocycles. The van der Waals surface area contributed by atoms with Crippen LogP contribution in [-0.2, 0) is 6.54 Å². The van der Waals surface area contributed by atoms with Crippen LogP contribution in [0.15, 0.2) is 66.9 Å². The average molecular weight is 497 g/mol. The minimum Gasteiger partial charge on any atom is -0.348 e. The van der Waals surface area contributed by atoms with E-state index in [1.165, 1.54) is 0 Å². The molecule has 0 bridgehead atoms. The van der Waals surface area contributed by atoms with Gasteiger partial charge in [0.1, 0.15) is 0 Å². The summed E-state index contributed by atoms with van der Waals surface area (Å²) in [6, 6.07) is 19.3. The lowest BCUT2D eigenvalue weighted by molar-refractivity contribution is 0.0664. The molecule has 1 fully saturated rings. The van der Waals surface area contributed by atoms with Crippen LogP contribution in [0.25, 0.3) is 22.3 Å². The molecule has 1 aliphatic heterocycles. The number of hydrogen-bond donors (Lipinski definition) is 1. The number of benzene rings is 2. The van der Waals surface area contributed by atoms with E-state index in [4.69, 9.17) is 4.98 Å². The van der Waals surface area contributed by atoms with Crippen molar-refractivity contribution in [1.29, 1.82) is 0 Å². The lowest BCUT2D eigenvalue weighted by Crippen LogP contribution is -2.47. The highest BCUT2D eigenvalue weighted by molar-refractivity contribution is 6.06. The van der Waals surface area contributed by atoms with Gasteiger partial charge in [-0.05, 0) is 44.7 Å². The van der Waals surface area contributed by atoms with Gasteiger partial charge in [-0.2, -0.15) is 5.10 Å². The molecule has 0 unspecified atom stereocenters. The van der Waals surface area contributed by atoms with Gasteiger partial charge in [-0.3, -0.25) is 9.59 Å². The molecule has 8 heteroatoms. The van der Waals surface area contributed by atoms with Gasteiger partial charge in [-0.25, -0.2) is 9.67 Å². The molecule has 190 valence electrons. The van der Waals surface area contributed by atoms with E-state index < -0.39 is 0 Å². The normalized spacial score (nSPS) is 14.3. The average Bonchev–Trinajstić information content (AvgIpc) is 3.36.